The van der Waals surface area contributed by atoms with Gasteiger partial charge in [-0.25, -0.2) is 0 Å². The summed E-state index contributed by atoms with van der Waals surface area (Å²) in [4.78, 5) is 13.7. The van der Waals surface area contributed by atoms with E-state index in [-0.39, 0.29) is 5.91 Å². The zero-order valence-electron chi connectivity index (χ0n) is 8.93. The van der Waals surface area contributed by atoms with Gasteiger partial charge in [-0.05, 0) is 18.6 Å². The van der Waals surface area contributed by atoms with E-state index in [1.807, 2.05) is 0 Å². The third kappa shape index (κ3) is 2.46. The van der Waals surface area contributed by atoms with E-state index in [1.54, 1.807) is 17.0 Å². The Kier molecular flexibility index (Phi) is 3.31. The molecule has 1 aromatic heterocycles. The van der Waals surface area contributed by atoms with Crippen molar-refractivity contribution in [2.24, 2.45) is 0 Å². The second kappa shape index (κ2) is 4.89. The Morgan fingerprint density at radius 3 is 2.94 bits per heavy atom. The molecule has 1 aliphatic rings. The van der Waals surface area contributed by atoms with Crippen molar-refractivity contribution in [1.82, 2.24) is 15.1 Å². The first-order chi connectivity index (χ1) is 7.77. The lowest BCUT2D eigenvalue weighted by Gasteiger charge is -2.18. The fourth-order valence-electron chi connectivity index (χ4n) is 1.57. The summed E-state index contributed by atoms with van der Waals surface area (Å²) in [5.41, 5.74) is 5.74. The van der Waals surface area contributed by atoms with Crippen LogP contribution >= 0.6 is 0 Å². The van der Waals surface area contributed by atoms with E-state index in [0.717, 1.165) is 6.42 Å². The van der Waals surface area contributed by atoms with Gasteiger partial charge in [-0.1, -0.05) is 0 Å². The molecule has 0 radical (unpaired) electrons. The second-order valence-corrected chi connectivity index (χ2v) is 3.60. The van der Waals surface area contributed by atoms with Crippen LogP contribution in [0.5, 0.6) is 0 Å². The van der Waals surface area contributed by atoms with E-state index in [9.17, 15) is 4.79 Å². The number of nitrogens with two attached hydrogens (primary N) is 1. The molecule has 86 valence electrons. The van der Waals surface area contributed by atoms with Gasteiger partial charge < -0.3 is 15.4 Å². The first-order valence-electron chi connectivity index (χ1n) is 5.23. The Hall–Kier alpha value is -1.69. The van der Waals surface area contributed by atoms with Crippen LogP contribution in [0.4, 0.5) is 5.82 Å². The molecule has 2 rings (SSSR count). The predicted octanol–water partition coefficient (Wildman–Crippen LogP) is -0.0787. The van der Waals surface area contributed by atoms with Crippen molar-refractivity contribution >= 4 is 11.7 Å². The zero-order valence-corrected chi connectivity index (χ0v) is 8.93. The van der Waals surface area contributed by atoms with Crippen molar-refractivity contribution in [2.75, 3.05) is 32.0 Å². The maximum Gasteiger partial charge on any atom is 0.274 e. The van der Waals surface area contributed by atoms with Crippen LogP contribution in [0, 0.1) is 0 Å². The topological polar surface area (TPSA) is 81.3 Å². The van der Waals surface area contributed by atoms with Gasteiger partial charge in [-0.3, -0.25) is 4.79 Å². The Balaban J connectivity index is 2.08. The first kappa shape index (κ1) is 10.8. The number of ether oxygens (including phenoxy) is 1. The van der Waals surface area contributed by atoms with Gasteiger partial charge in [0.05, 0.1) is 6.61 Å². The number of carbonyl (C=O) groups is 1. The van der Waals surface area contributed by atoms with E-state index >= 15 is 0 Å². The number of nitrogen functional groups attached to an aromatic ring is 1. The average molecular weight is 222 g/mol. The van der Waals surface area contributed by atoms with Crippen LogP contribution in [0.2, 0.25) is 0 Å². The largest absolute Gasteiger partial charge is 0.382 e. The van der Waals surface area contributed by atoms with Gasteiger partial charge in [0.2, 0.25) is 0 Å². The molecule has 1 fully saturated rings. The smallest absolute Gasteiger partial charge is 0.274 e. The SMILES string of the molecule is Nc1ccc(C(=O)N2CCCOCC2)nn1. The molecular weight excluding hydrogens is 208 g/mol. The number of aromatic nitrogens is 2. The lowest BCUT2D eigenvalue weighted by molar-refractivity contribution is 0.0734. The van der Waals surface area contributed by atoms with Gasteiger partial charge in [0.15, 0.2) is 5.69 Å². The molecule has 2 heterocycles. The molecule has 0 saturated carbocycles. The standard InChI is InChI=1S/C10H14N4O2/c11-9-3-2-8(12-13-9)10(15)14-4-1-6-16-7-5-14/h2-3H,1,4-7H2,(H2,11,13). The molecule has 0 bridgehead atoms. The van der Waals surface area contributed by atoms with E-state index in [2.05, 4.69) is 10.2 Å². The molecule has 1 aliphatic heterocycles. The van der Waals surface area contributed by atoms with Gasteiger partial charge in [0.1, 0.15) is 5.82 Å². The van der Waals surface area contributed by atoms with Crippen molar-refractivity contribution in [3.05, 3.63) is 17.8 Å². The highest BCUT2D eigenvalue weighted by Crippen LogP contribution is 2.06. The van der Waals surface area contributed by atoms with Crippen molar-refractivity contribution in [3.63, 3.8) is 0 Å². The summed E-state index contributed by atoms with van der Waals surface area (Å²) < 4.78 is 5.28. The van der Waals surface area contributed by atoms with Gasteiger partial charge in [0.25, 0.3) is 5.91 Å². The zero-order chi connectivity index (χ0) is 11.4. The third-order valence-electron chi connectivity index (χ3n) is 2.41. The Morgan fingerprint density at radius 1 is 1.31 bits per heavy atom. The number of carbonyl (C=O) groups excluding carboxylic acids is 1. The summed E-state index contributed by atoms with van der Waals surface area (Å²) in [5, 5.41) is 7.44. The fourth-order valence-corrected chi connectivity index (χ4v) is 1.57. The molecule has 1 amide bonds. The molecule has 0 unspecified atom stereocenters. The minimum atomic E-state index is -0.113. The van der Waals surface area contributed by atoms with Crippen LogP contribution in [0.3, 0.4) is 0 Å². The van der Waals surface area contributed by atoms with Crippen molar-refractivity contribution in [1.29, 1.82) is 0 Å². The van der Waals surface area contributed by atoms with Crippen LogP contribution in [-0.4, -0.2) is 47.3 Å². The normalized spacial score (nSPS) is 16.9. The van der Waals surface area contributed by atoms with E-state index in [0.29, 0.717) is 37.8 Å². The average Bonchev–Trinajstić information content (AvgIpc) is 2.57. The van der Waals surface area contributed by atoms with Crippen LogP contribution in [-0.2, 0) is 4.74 Å². The number of nitrogens with zero attached hydrogens (tertiary/aromatic N) is 3. The molecule has 0 atom stereocenters. The molecule has 16 heavy (non-hydrogen) atoms. The van der Waals surface area contributed by atoms with Crippen LogP contribution in [0.1, 0.15) is 16.9 Å². The van der Waals surface area contributed by atoms with Gasteiger partial charge in [-0.2, -0.15) is 0 Å². The molecule has 6 nitrogen and oxygen atoms in total. The van der Waals surface area contributed by atoms with Crippen LogP contribution < -0.4 is 5.73 Å². The summed E-state index contributed by atoms with van der Waals surface area (Å²) >= 11 is 0. The second-order valence-electron chi connectivity index (χ2n) is 3.60. The predicted molar refractivity (Wildman–Crippen MR) is 57.8 cm³/mol. The molecule has 0 spiro atoms. The number of anilines is 1. The Morgan fingerprint density at radius 2 is 2.19 bits per heavy atom. The van der Waals surface area contributed by atoms with Crippen LogP contribution in [0.25, 0.3) is 0 Å². The number of rotatable bonds is 1. The minimum Gasteiger partial charge on any atom is -0.382 e. The van der Waals surface area contributed by atoms with Gasteiger partial charge in [-0.15, -0.1) is 10.2 Å². The Bertz CT molecular complexity index is 358. The highest BCUT2D eigenvalue weighted by molar-refractivity contribution is 5.92. The monoisotopic (exact) mass is 222 g/mol. The van der Waals surface area contributed by atoms with Gasteiger partial charge >= 0.3 is 0 Å². The van der Waals surface area contributed by atoms with E-state index < -0.39 is 0 Å². The number of hydrogen-bond donors (Lipinski definition) is 1. The lowest BCUT2D eigenvalue weighted by Crippen LogP contribution is -2.33. The molecular formula is C10H14N4O2. The summed E-state index contributed by atoms with van der Waals surface area (Å²) in [6.45, 7) is 2.58. The number of amides is 1. The minimum absolute atomic E-state index is 0.113. The van der Waals surface area contributed by atoms with Crippen molar-refractivity contribution in [2.45, 2.75) is 6.42 Å². The van der Waals surface area contributed by atoms with E-state index in [1.165, 1.54) is 0 Å². The maximum absolute atomic E-state index is 12.0. The molecule has 0 aliphatic carbocycles. The van der Waals surface area contributed by atoms with Crippen molar-refractivity contribution in [3.8, 4) is 0 Å². The fraction of sp³-hybridized carbons (Fsp3) is 0.500. The quantitative estimate of drug-likeness (QED) is 0.718. The lowest BCUT2D eigenvalue weighted by atomic mass is 10.3. The van der Waals surface area contributed by atoms with Crippen LogP contribution in [0.15, 0.2) is 12.1 Å². The highest BCUT2D eigenvalue weighted by Gasteiger charge is 2.18. The van der Waals surface area contributed by atoms with Gasteiger partial charge in [0, 0.05) is 19.7 Å². The molecule has 2 N–H and O–H groups in total. The number of hydrogen-bond acceptors (Lipinski definition) is 5. The molecule has 0 aromatic carbocycles. The Labute approximate surface area is 93.4 Å². The molecule has 1 saturated heterocycles. The first-order valence-corrected chi connectivity index (χ1v) is 5.23. The van der Waals surface area contributed by atoms with E-state index in [4.69, 9.17) is 10.5 Å². The summed E-state index contributed by atoms with van der Waals surface area (Å²) in [7, 11) is 0. The maximum atomic E-state index is 12.0. The summed E-state index contributed by atoms with van der Waals surface area (Å²) in [6.07, 6.45) is 0.855. The summed E-state index contributed by atoms with van der Waals surface area (Å²) in [6, 6.07) is 3.17. The highest BCUT2D eigenvalue weighted by atomic mass is 16.5. The molecule has 1 aromatic rings. The summed E-state index contributed by atoms with van der Waals surface area (Å²) in [5.74, 6) is 0.203. The molecule has 6 heteroatoms. The van der Waals surface area contributed by atoms with Crippen molar-refractivity contribution < 1.29 is 9.53 Å². The third-order valence-corrected chi connectivity index (χ3v) is 2.41.